The van der Waals surface area contributed by atoms with Gasteiger partial charge in [-0.05, 0) is 59.7 Å². The van der Waals surface area contributed by atoms with Gasteiger partial charge < -0.3 is 5.32 Å². The molecular formula is C16H18IN. The van der Waals surface area contributed by atoms with Crippen LogP contribution in [0.15, 0.2) is 48.5 Å². The second kappa shape index (κ2) is 6.34. The molecule has 1 nitrogen and oxygen atoms in total. The number of benzene rings is 2. The van der Waals surface area contributed by atoms with Crippen molar-refractivity contribution in [2.24, 2.45) is 0 Å². The second-order valence-electron chi connectivity index (χ2n) is 4.64. The summed E-state index contributed by atoms with van der Waals surface area (Å²) in [5, 5.41) is 3.55. The normalized spacial score (nSPS) is 12.4. The van der Waals surface area contributed by atoms with E-state index >= 15 is 0 Å². The lowest BCUT2D eigenvalue weighted by atomic mass is 10.1. The summed E-state index contributed by atoms with van der Waals surface area (Å²) in [6.45, 7) is 5.23. The molecular weight excluding hydrogens is 333 g/mol. The smallest absolute Gasteiger partial charge is 0.0294 e. The summed E-state index contributed by atoms with van der Waals surface area (Å²) in [6, 6.07) is 17.7. The first-order chi connectivity index (χ1) is 8.65. The van der Waals surface area contributed by atoms with Crippen molar-refractivity contribution >= 4 is 22.6 Å². The lowest BCUT2D eigenvalue weighted by Crippen LogP contribution is -2.17. The average molecular weight is 351 g/mol. The molecule has 0 heterocycles. The highest BCUT2D eigenvalue weighted by Crippen LogP contribution is 2.15. The molecule has 2 aromatic carbocycles. The Labute approximate surface area is 123 Å². The minimum Gasteiger partial charge on any atom is -0.306 e. The van der Waals surface area contributed by atoms with E-state index in [0.29, 0.717) is 6.04 Å². The van der Waals surface area contributed by atoms with Gasteiger partial charge in [-0.3, -0.25) is 0 Å². The summed E-state index contributed by atoms with van der Waals surface area (Å²) in [5.74, 6) is 0. The van der Waals surface area contributed by atoms with Gasteiger partial charge >= 0.3 is 0 Å². The van der Waals surface area contributed by atoms with E-state index in [9.17, 15) is 0 Å². The zero-order valence-electron chi connectivity index (χ0n) is 10.8. The third kappa shape index (κ3) is 3.82. The maximum absolute atomic E-state index is 3.55. The van der Waals surface area contributed by atoms with E-state index in [1.807, 2.05) is 0 Å². The third-order valence-electron chi connectivity index (χ3n) is 3.10. The maximum Gasteiger partial charge on any atom is 0.0294 e. The van der Waals surface area contributed by atoms with Crippen molar-refractivity contribution in [2.75, 3.05) is 0 Å². The zero-order valence-corrected chi connectivity index (χ0v) is 12.9. The molecule has 1 atom stereocenters. The highest BCUT2D eigenvalue weighted by Gasteiger charge is 2.04. The van der Waals surface area contributed by atoms with Crippen LogP contribution in [-0.2, 0) is 6.54 Å². The molecule has 94 valence electrons. The number of rotatable bonds is 4. The first-order valence-electron chi connectivity index (χ1n) is 6.19. The first-order valence-corrected chi connectivity index (χ1v) is 7.27. The predicted molar refractivity (Wildman–Crippen MR) is 85.6 cm³/mol. The fourth-order valence-corrected chi connectivity index (χ4v) is 2.21. The first kappa shape index (κ1) is 13.6. The van der Waals surface area contributed by atoms with Gasteiger partial charge in [0, 0.05) is 16.2 Å². The van der Waals surface area contributed by atoms with Crippen LogP contribution in [-0.4, -0.2) is 0 Å². The van der Waals surface area contributed by atoms with Gasteiger partial charge in [0.15, 0.2) is 0 Å². The maximum atomic E-state index is 3.55. The molecule has 0 aliphatic heterocycles. The van der Waals surface area contributed by atoms with Crippen molar-refractivity contribution in [1.29, 1.82) is 0 Å². The number of hydrogen-bond donors (Lipinski definition) is 1. The Morgan fingerprint density at radius 3 is 2.22 bits per heavy atom. The van der Waals surface area contributed by atoms with Gasteiger partial charge in [0.05, 0.1) is 0 Å². The minimum atomic E-state index is 0.378. The van der Waals surface area contributed by atoms with Gasteiger partial charge in [0.1, 0.15) is 0 Å². The largest absolute Gasteiger partial charge is 0.306 e. The molecule has 0 fully saturated rings. The van der Waals surface area contributed by atoms with E-state index in [1.165, 1.54) is 20.3 Å². The van der Waals surface area contributed by atoms with Crippen LogP contribution >= 0.6 is 22.6 Å². The molecule has 0 bridgehead atoms. The predicted octanol–water partition coefficient (Wildman–Crippen LogP) is 4.45. The van der Waals surface area contributed by atoms with Gasteiger partial charge in [0.2, 0.25) is 0 Å². The lowest BCUT2D eigenvalue weighted by molar-refractivity contribution is 0.574. The number of aryl methyl sites for hydroxylation is 1. The molecule has 0 amide bonds. The summed E-state index contributed by atoms with van der Waals surface area (Å²) in [5.41, 5.74) is 3.98. The van der Waals surface area contributed by atoms with E-state index in [0.717, 1.165) is 6.54 Å². The van der Waals surface area contributed by atoms with E-state index in [4.69, 9.17) is 0 Å². The Balaban J connectivity index is 1.93. The van der Waals surface area contributed by atoms with Crippen molar-refractivity contribution in [1.82, 2.24) is 5.32 Å². The summed E-state index contributed by atoms with van der Waals surface area (Å²) in [6.07, 6.45) is 0. The summed E-state index contributed by atoms with van der Waals surface area (Å²) >= 11 is 2.33. The van der Waals surface area contributed by atoms with Gasteiger partial charge in [-0.2, -0.15) is 0 Å². The molecule has 0 aliphatic carbocycles. The SMILES string of the molecule is Cc1ccc(CNC(C)c2ccc(I)cc2)cc1. The van der Waals surface area contributed by atoms with Crippen LogP contribution in [0.5, 0.6) is 0 Å². The lowest BCUT2D eigenvalue weighted by Gasteiger charge is -2.14. The Morgan fingerprint density at radius 2 is 1.61 bits per heavy atom. The molecule has 0 aromatic heterocycles. The van der Waals surface area contributed by atoms with Gasteiger partial charge in [-0.15, -0.1) is 0 Å². The van der Waals surface area contributed by atoms with E-state index < -0.39 is 0 Å². The van der Waals surface area contributed by atoms with E-state index in [1.54, 1.807) is 0 Å². The molecule has 0 saturated carbocycles. The van der Waals surface area contributed by atoms with Crippen LogP contribution in [0.1, 0.15) is 29.7 Å². The highest BCUT2D eigenvalue weighted by atomic mass is 127. The van der Waals surface area contributed by atoms with Gasteiger partial charge in [0.25, 0.3) is 0 Å². The highest BCUT2D eigenvalue weighted by molar-refractivity contribution is 14.1. The number of hydrogen-bond acceptors (Lipinski definition) is 1. The molecule has 0 aliphatic rings. The third-order valence-corrected chi connectivity index (χ3v) is 3.82. The minimum absolute atomic E-state index is 0.378. The van der Waals surface area contributed by atoms with E-state index in [-0.39, 0.29) is 0 Å². The molecule has 2 rings (SSSR count). The fraction of sp³-hybridized carbons (Fsp3) is 0.250. The quantitative estimate of drug-likeness (QED) is 0.803. The van der Waals surface area contributed by atoms with Crippen LogP contribution in [0.4, 0.5) is 0 Å². The number of halogens is 1. The molecule has 1 N–H and O–H groups in total. The molecule has 0 saturated heterocycles. The van der Waals surface area contributed by atoms with Crippen LogP contribution in [0, 0.1) is 10.5 Å². The van der Waals surface area contributed by atoms with Gasteiger partial charge in [-0.1, -0.05) is 42.0 Å². The Morgan fingerprint density at radius 1 is 1.00 bits per heavy atom. The Kier molecular flexibility index (Phi) is 4.78. The van der Waals surface area contributed by atoms with Crippen LogP contribution in [0.3, 0.4) is 0 Å². The topological polar surface area (TPSA) is 12.0 Å². The summed E-state index contributed by atoms with van der Waals surface area (Å²) < 4.78 is 1.28. The summed E-state index contributed by atoms with van der Waals surface area (Å²) in [4.78, 5) is 0. The fourth-order valence-electron chi connectivity index (χ4n) is 1.85. The van der Waals surface area contributed by atoms with Gasteiger partial charge in [-0.25, -0.2) is 0 Å². The average Bonchev–Trinajstić information content (AvgIpc) is 2.38. The van der Waals surface area contributed by atoms with E-state index in [2.05, 4.69) is 90.3 Å². The van der Waals surface area contributed by atoms with Crippen molar-refractivity contribution in [3.05, 3.63) is 68.8 Å². The molecule has 2 aromatic rings. The Bertz CT molecular complexity index is 488. The number of nitrogens with one attached hydrogen (secondary N) is 1. The Hall–Kier alpha value is -0.870. The summed E-state index contributed by atoms with van der Waals surface area (Å²) in [7, 11) is 0. The molecule has 2 heteroatoms. The monoisotopic (exact) mass is 351 g/mol. The molecule has 1 unspecified atom stereocenters. The molecule has 0 radical (unpaired) electrons. The van der Waals surface area contributed by atoms with Crippen molar-refractivity contribution in [3.8, 4) is 0 Å². The van der Waals surface area contributed by atoms with Crippen LogP contribution in [0.25, 0.3) is 0 Å². The van der Waals surface area contributed by atoms with Crippen molar-refractivity contribution < 1.29 is 0 Å². The molecule has 18 heavy (non-hydrogen) atoms. The second-order valence-corrected chi connectivity index (χ2v) is 5.89. The van der Waals surface area contributed by atoms with Crippen molar-refractivity contribution in [2.45, 2.75) is 26.4 Å². The van der Waals surface area contributed by atoms with Crippen LogP contribution in [0.2, 0.25) is 0 Å². The zero-order chi connectivity index (χ0) is 13.0. The van der Waals surface area contributed by atoms with Crippen LogP contribution < -0.4 is 5.32 Å². The molecule has 0 spiro atoms. The van der Waals surface area contributed by atoms with Crippen molar-refractivity contribution in [3.63, 3.8) is 0 Å². The standard InChI is InChI=1S/C16H18IN/c1-12-3-5-14(6-4-12)11-18-13(2)15-7-9-16(17)10-8-15/h3-10,13,18H,11H2,1-2H3.